The summed E-state index contributed by atoms with van der Waals surface area (Å²) in [5.41, 5.74) is 2.07. The van der Waals surface area contributed by atoms with Gasteiger partial charge in [0.05, 0.1) is 21.4 Å². The average molecular weight is 519 g/mol. The third-order valence-electron chi connectivity index (χ3n) is 6.81. The summed E-state index contributed by atoms with van der Waals surface area (Å²) >= 11 is 7.68. The number of aryl methyl sites for hydroxylation is 1. The molecule has 4 aromatic rings. The first-order chi connectivity index (χ1) is 17.5. The van der Waals surface area contributed by atoms with Crippen molar-refractivity contribution in [3.63, 3.8) is 0 Å². The number of nitrogens with zero attached hydrogens (tertiary/aromatic N) is 3. The van der Waals surface area contributed by atoms with Crippen molar-refractivity contribution in [3.05, 3.63) is 76.4 Å². The van der Waals surface area contributed by atoms with Gasteiger partial charge in [-0.3, -0.25) is 4.79 Å². The number of pyridine rings is 1. The number of hydrogen-bond acceptors (Lipinski definition) is 6. The number of aromatic nitrogens is 2. The molecule has 36 heavy (non-hydrogen) atoms. The van der Waals surface area contributed by atoms with E-state index < -0.39 is 6.09 Å². The molecule has 1 saturated heterocycles. The molecule has 0 bridgehead atoms. The molecule has 2 aliphatic rings. The molecular weight excluding hydrogens is 496 g/mol. The molecule has 2 amide bonds. The number of fused-ring (bicyclic) bond motifs is 2. The van der Waals surface area contributed by atoms with Gasteiger partial charge < -0.3 is 15.0 Å². The Hall–Kier alpha value is -3.49. The summed E-state index contributed by atoms with van der Waals surface area (Å²) in [6.07, 6.45) is 0.479. The Morgan fingerprint density at radius 2 is 2.00 bits per heavy atom. The zero-order chi connectivity index (χ0) is 24.8. The van der Waals surface area contributed by atoms with Crippen LogP contribution >= 0.6 is 22.9 Å². The monoisotopic (exact) mass is 518 g/mol. The Balaban J connectivity index is 1.16. The molecule has 2 fully saturated rings. The van der Waals surface area contributed by atoms with Crippen molar-refractivity contribution in [3.8, 4) is 16.3 Å². The third kappa shape index (κ3) is 4.42. The highest BCUT2D eigenvalue weighted by Crippen LogP contribution is 2.50. The van der Waals surface area contributed by atoms with E-state index >= 15 is 0 Å². The first-order valence-corrected chi connectivity index (χ1v) is 13.0. The highest BCUT2D eigenvalue weighted by atomic mass is 35.5. The third-order valence-corrected chi connectivity index (χ3v) is 8.07. The molecule has 7 nitrogen and oxygen atoms in total. The van der Waals surface area contributed by atoms with E-state index in [1.165, 1.54) is 11.3 Å². The largest absolute Gasteiger partial charge is 0.414 e. The lowest BCUT2D eigenvalue weighted by Crippen LogP contribution is -2.46. The predicted octanol–water partition coefficient (Wildman–Crippen LogP) is 5.57. The summed E-state index contributed by atoms with van der Waals surface area (Å²) in [5.74, 6) is 0.965. The second-order valence-electron chi connectivity index (χ2n) is 9.22. The Morgan fingerprint density at radius 1 is 1.14 bits per heavy atom. The summed E-state index contributed by atoms with van der Waals surface area (Å²) in [5, 5.41) is 5.25. The van der Waals surface area contributed by atoms with Crippen LogP contribution in [0.4, 0.5) is 4.79 Å². The van der Waals surface area contributed by atoms with Crippen LogP contribution < -0.4 is 10.1 Å². The van der Waals surface area contributed by atoms with Crippen LogP contribution in [0.1, 0.15) is 21.9 Å². The summed E-state index contributed by atoms with van der Waals surface area (Å²) in [6.45, 7) is 2.88. The highest BCUT2D eigenvalue weighted by Gasteiger charge is 2.54. The maximum Gasteiger partial charge on any atom is 0.414 e. The predicted molar refractivity (Wildman–Crippen MR) is 139 cm³/mol. The van der Waals surface area contributed by atoms with Crippen molar-refractivity contribution in [2.45, 2.75) is 19.4 Å². The minimum Gasteiger partial charge on any atom is -0.391 e. The van der Waals surface area contributed by atoms with Gasteiger partial charge in [-0.05, 0) is 55.0 Å². The Kier molecular flexibility index (Phi) is 5.85. The number of carbonyl (C=O) groups excluding carboxylic acids is 2. The molecule has 9 heteroatoms. The van der Waals surface area contributed by atoms with Crippen LogP contribution in [0.2, 0.25) is 5.02 Å². The van der Waals surface area contributed by atoms with Gasteiger partial charge >= 0.3 is 6.09 Å². The van der Waals surface area contributed by atoms with Gasteiger partial charge in [-0.15, -0.1) is 11.3 Å². The van der Waals surface area contributed by atoms with Gasteiger partial charge in [-0.1, -0.05) is 41.9 Å². The molecular formula is C27H23ClN4O3S. The summed E-state index contributed by atoms with van der Waals surface area (Å²) in [6, 6.07) is 18.5. The fourth-order valence-electron chi connectivity index (χ4n) is 5.02. The molecule has 0 spiro atoms. The van der Waals surface area contributed by atoms with Crippen LogP contribution in [0.5, 0.6) is 5.88 Å². The summed E-state index contributed by atoms with van der Waals surface area (Å²) in [7, 11) is 0. The van der Waals surface area contributed by atoms with Crippen molar-refractivity contribution in [1.82, 2.24) is 20.2 Å². The minimum atomic E-state index is -0.585. The van der Waals surface area contributed by atoms with E-state index in [2.05, 4.69) is 15.3 Å². The van der Waals surface area contributed by atoms with Gasteiger partial charge in [0.15, 0.2) is 0 Å². The van der Waals surface area contributed by atoms with Crippen LogP contribution in [0.25, 0.3) is 21.3 Å². The minimum absolute atomic E-state index is 0.103. The number of piperidine rings is 1. The van der Waals surface area contributed by atoms with Gasteiger partial charge in [0, 0.05) is 29.6 Å². The van der Waals surface area contributed by atoms with Crippen LogP contribution in [0, 0.1) is 18.8 Å². The standard InChI is InChI=1S/C27H23ClN4O3S/c1-15-30-24(25(36-15)17-6-4-7-19(28)11-17)26(33)32-14-18-12-20(18)22(32)13-29-27(34)35-23-10-9-16-5-2-3-8-21(16)31-23/h2-11,18,20,22H,12-14H2,1H3,(H,29,34)/t18-,20-,22+/m0/s1. The zero-order valence-electron chi connectivity index (χ0n) is 19.5. The number of benzene rings is 2. The molecule has 1 saturated carbocycles. The van der Waals surface area contributed by atoms with E-state index in [1.54, 1.807) is 6.07 Å². The van der Waals surface area contributed by atoms with Crippen LogP contribution in [-0.2, 0) is 0 Å². The quantitative estimate of drug-likeness (QED) is 0.373. The molecule has 1 aliphatic heterocycles. The molecule has 182 valence electrons. The zero-order valence-corrected chi connectivity index (χ0v) is 21.1. The average Bonchev–Trinajstić information content (AvgIpc) is 3.38. The van der Waals surface area contributed by atoms with E-state index in [0.29, 0.717) is 35.6 Å². The van der Waals surface area contributed by atoms with Crippen LogP contribution in [0.3, 0.4) is 0 Å². The van der Waals surface area contributed by atoms with Crippen molar-refractivity contribution < 1.29 is 14.3 Å². The van der Waals surface area contributed by atoms with Gasteiger partial charge in [0.25, 0.3) is 5.91 Å². The lowest BCUT2D eigenvalue weighted by Gasteiger charge is -2.27. The maximum absolute atomic E-state index is 13.7. The first kappa shape index (κ1) is 22.9. The van der Waals surface area contributed by atoms with Crippen molar-refractivity contribution in [1.29, 1.82) is 0 Å². The number of halogens is 1. The smallest absolute Gasteiger partial charge is 0.391 e. The SMILES string of the molecule is Cc1nc(C(=O)N2C[C@@H]3C[C@@H]3[C@H]2CNC(=O)Oc2ccc3ccccc3n2)c(-c2cccc(Cl)c2)s1. The number of hydrogen-bond donors (Lipinski definition) is 1. The van der Waals surface area contributed by atoms with Crippen molar-refractivity contribution in [2.75, 3.05) is 13.1 Å². The van der Waals surface area contributed by atoms with E-state index in [-0.39, 0.29) is 17.8 Å². The number of rotatable bonds is 5. The highest BCUT2D eigenvalue weighted by molar-refractivity contribution is 7.15. The Bertz CT molecular complexity index is 1490. The molecule has 0 radical (unpaired) electrons. The maximum atomic E-state index is 13.7. The molecule has 3 atom stereocenters. The van der Waals surface area contributed by atoms with Crippen molar-refractivity contribution >= 4 is 45.8 Å². The number of likely N-dealkylation sites (tertiary alicyclic amines) is 1. The molecule has 0 unspecified atom stereocenters. The van der Waals surface area contributed by atoms with Crippen molar-refractivity contribution in [2.24, 2.45) is 11.8 Å². The number of carbonyl (C=O) groups is 2. The second kappa shape index (κ2) is 9.19. The van der Waals surface area contributed by atoms with Gasteiger partial charge in [-0.2, -0.15) is 0 Å². The first-order valence-electron chi connectivity index (χ1n) is 11.8. The molecule has 1 N–H and O–H groups in total. The lowest BCUT2D eigenvalue weighted by atomic mass is 10.1. The van der Waals surface area contributed by atoms with Gasteiger partial charge in [-0.25, -0.2) is 14.8 Å². The topological polar surface area (TPSA) is 84.4 Å². The molecule has 2 aromatic carbocycles. The number of para-hydroxylation sites is 1. The fourth-order valence-corrected chi connectivity index (χ4v) is 6.12. The number of thiazole rings is 1. The van der Waals surface area contributed by atoms with Crippen LogP contribution in [-0.4, -0.2) is 46.0 Å². The molecule has 3 heterocycles. The molecule has 6 rings (SSSR count). The summed E-state index contributed by atoms with van der Waals surface area (Å²) in [4.78, 5) is 37.8. The number of ether oxygens (including phenoxy) is 1. The Labute approximate surface area is 217 Å². The Morgan fingerprint density at radius 3 is 2.86 bits per heavy atom. The normalized spacial score (nSPS) is 20.3. The summed E-state index contributed by atoms with van der Waals surface area (Å²) < 4.78 is 5.42. The number of nitrogens with one attached hydrogen (secondary N) is 1. The van der Waals surface area contributed by atoms with E-state index in [4.69, 9.17) is 16.3 Å². The lowest BCUT2D eigenvalue weighted by molar-refractivity contribution is 0.0700. The van der Waals surface area contributed by atoms with E-state index in [9.17, 15) is 9.59 Å². The molecule has 2 aromatic heterocycles. The van der Waals surface area contributed by atoms with Gasteiger partial charge in [0.2, 0.25) is 5.88 Å². The van der Waals surface area contributed by atoms with E-state index in [0.717, 1.165) is 32.8 Å². The number of amides is 2. The van der Waals surface area contributed by atoms with Gasteiger partial charge in [0.1, 0.15) is 5.69 Å². The second-order valence-corrected chi connectivity index (χ2v) is 10.9. The molecule has 1 aliphatic carbocycles. The van der Waals surface area contributed by atoms with Crippen LogP contribution in [0.15, 0.2) is 60.7 Å². The fraction of sp³-hybridized carbons (Fsp3) is 0.259. The van der Waals surface area contributed by atoms with E-state index in [1.807, 2.05) is 66.4 Å².